The molecular weight excluding hydrogens is 212 g/mol. The molecule has 0 saturated heterocycles. The third-order valence-electron chi connectivity index (χ3n) is 2.76. The van der Waals surface area contributed by atoms with Gasteiger partial charge in [-0.15, -0.1) is 0 Å². The second-order valence-corrected chi connectivity index (χ2v) is 4.42. The highest BCUT2D eigenvalue weighted by molar-refractivity contribution is 5.29. The van der Waals surface area contributed by atoms with Gasteiger partial charge >= 0.3 is 0 Å². The zero-order valence-electron chi connectivity index (χ0n) is 11.0. The van der Waals surface area contributed by atoms with Crippen molar-refractivity contribution in [3.8, 4) is 5.75 Å². The van der Waals surface area contributed by atoms with Crippen molar-refractivity contribution in [1.82, 2.24) is 0 Å². The molecule has 17 heavy (non-hydrogen) atoms. The Morgan fingerprint density at radius 1 is 1.47 bits per heavy atom. The fraction of sp³-hybridized carbons (Fsp3) is 0.533. The predicted molar refractivity (Wildman–Crippen MR) is 70.0 cm³/mol. The highest BCUT2D eigenvalue weighted by Gasteiger charge is 2.06. The number of hydrogen-bond donors (Lipinski definition) is 0. The molecule has 0 heterocycles. The van der Waals surface area contributed by atoms with Crippen molar-refractivity contribution in [3.05, 3.63) is 36.8 Å². The zero-order valence-corrected chi connectivity index (χ0v) is 11.0. The minimum Gasteiger partial charge on any atom is -0.493 e. The SMILES string of the molecule is [CH2]C(OC)c1cc[c]c(OCC(C)CCC)c1. The second kappa shape index (κ2) is 7.33. The third-order valence-corrected chi connectivity index (χ3v) is 2.76. The van der Waals surface area contributed by atoms with E-state index in [0.717, 1.165) is 17.9 Å². The Kier molecular flexibility index (Phi) is 6.06. The molecule has 0 aliphatic carbocycles. The van der Waals surface area contributed by atoms with Crippen molar-refractivity contribution in [2.24, 2.45) is 5.92 Å². The topological polar surface area (TPSA) is 18.5 Å². The Hall–Kier alpha value is -1.02. The van der Waals surface area contributed by atoms with E-state index in [-0.39, 0.29) is 6.10 Å². The molecule has 0 fully saturated rings. The summed E-state index contributed by atoms with van der Waals surface area (Å²) in [6, 6.07) is 8.83. The molecule has 1 aromatic rings. The number of ether oxygens (including phenoxy) is 2. The molecule has 0 amide bonds. The average molecular weight is 234 g/mol. The van der Waals surface area contributed by atoms with Gasteiger partial charge in [-0.2, -0.15) is 0 Å². The lowest BCUT2D eigenvalue weighted by molar-refractivity contribution is 0.140. The molecule has 2 heteroatoms. The lowest BCUT2D eigenvalue weighted by Crippen LogP contribution is -2.08. The van der Waals surface area contributed by atoms with E-state index in [1.165, 1.54) is 12.8 Å². The van der Waals surface area contributed by atoms with Gasteiger partial charge in [-0.3, -0.25) is 0 Å². The normalized spacial score (nSPS) is 14.4. The van der Waals surface area contributed by atoms with Crippen LogP contribution in [0.2, 0.25) is 0 Å². The van der Waals surface area contributed by atoms with Crippen molar-refractivity contribution in [1.29, 1.82) is 0 Å². The summed E-state index contributed by atoms with van der Waals surface area (Å²) < 4.78 is 10.9. The van der Waals surface area contributed by atoms with Crippen LogP contribution in [0.5, 0.6) is 5.75 Å². The molecule has 0 bridgehead atoms. The maximum absolute atomic E-state index is 5.72. The molecule has 0 aromatic heterocycles. The van der Waals surface area contributed by atoms with Crippen molar-refractivity contribution in [2.75, 3.05) is 13.7 Å². The van der Waals surface area contributed by atoms with E-state index >= 15 is 0 Å². The van der Waals surface area contributed by atoms with Crippen molar-refractivity contribution >= 4 is 0 Å². The van der Waals surface area contributed by atoms with E-state index in [9.17, 15) is 0 Å². The Bertz CT molecular complexity index is 322. The quantitative estimate of drug-likeness (QED) is 0.714. The minimum atomic E-state index is -0.153. The molecule has 0 saturated carbocycles. The summed E-state index contributed by atoms with van der Waals surface area (Å²) in [5.41, 5.74) is 1.02. The van der Waals surface area contributed by atoms with Gasteiger partial charge in [-0.05, 0) is 30.9 Å². The lowest BCUT2D eigenvalue weighted by Gasteiger charge is -2.14. The van der Waals surface area contributed by atoms with E-state index in [4.69, 9.17) is 9.47 Å². The van der Waals surface area contributed by atoms with E-state index in [0.29, 0.717) is 5.92 Å². The van der Waals surface area contributed by atoms with Gasteiger partial charge in [0.2, 0.25) is 0 Å². The first-order valence-electron chi connectivity index (χ1n) is 6.17. The molecule has 2 unspecified atom stereocenters. The average Bonchev–Trinajstić information content (AvgIpc) is 2.36. The minimum absolute atomic E-state index is 0.153. The van der Waals surface area contributed by atoms with Gasteiger partial charge in [0.25, 0.3) is 0 Å². The molecule has 2 radical (unpaired) electrons. The first kappa shape index (κ1) is 14.0. The standard InChI is InChI=1S/C15H22O2/c1-5-7-12(2)11-17-15-9-6-8-14(10-15)13(3)16-4/h6,8,10,12-13H,3,5,7,11H2,1-2,4H3. The molecule has 2 nitrogen and oxygen atoms in total. The molecule has 1 aromatic carbocycles. The first-order valence-corrected chi connectivity index (χ1v) is 6.17. The van der Waals surface area contributed by atoms with Crippen LogP contribution >= 0.6 is 0 Å². The monoisotopic (exact) mass is 234 g/mol. The van der Waals surface area contributed by atoms with Gasteiger partial charge in [-0.1, -0.05) is 32.4 Å². The van der Waals surface area contributed by atoms with Gasteiger partial charge in [0, 0.05) is 13.2 Å². The van der Waals surface area contributed by atoms with Crippen LogP contribution in [0.1, 0.15) is 38.4 Å². The van der Waals surface area contributed by atoms with Crippen LogP contribution in [0.15, 0.2) is 18.2 Å². The Balaban J connectivity index is 2.54. The number of hydrogen-bond acceptors (Lipinski definition) is 2. The van der Waals surface area contributed by atoms with E-state index in [1.54, 1.807) is 7.11 Å². The van der Waals surface area contributed by atoms with Crippen LogP contribution in [0.25, 0.3) is 0 Å². The number of benzene rings is 1. The summed E-state index contributed by atoms with van der Waals surface area (Å²) in [6.07, 6.45) is 2.23. The first-order chi connectivity index (χ1) is 8.17. The van der Waals surface area contributed by atoms with Crippen LogP contribution < -0.4 is 4.74 Å². The number of rotatable bonds is 7. The van der Waals surface area contributed by atoms with E-state index in [2.05, 4.69) is 26.8 Å². The Morgan fingerprint density at radius 3 is 2.88 bits per heavy atom. The second-order valence-electron chi connectivity index (χ2n) is 4.42. The van der Waals surface area contributed by atoms with Crippen LogP contribution in [-0.4, -0.2) is 13.7 Å². The van der Waals surface area contributed by atoms with E-state index < -0.39 is 0 Å². The van der Waals surface area contributed by atoms with Gasteiger partial charge in [0.15, 0.2) is 0 Å². The molecule has 94 valence electrons. The molecule has 0 N–H and O–H groups in total. The highest BCUT2D eigenvalue weighted by Crippen LogP contribution is 2.21. The summed E-state index contributed by atoms with van der Waals surface area (Å²) in [7, 11) is 1.65. The predicted octanol–water partition coefficient (Wildman–Crippen LogP) is 3.82. The molecule has 0 aliphatic heterocycles. The molecule has 1 rings (SSSR count). The fourth-order valence-corrected chi connectivity index (χ4v) is 1.69. The summed E-state index contributed by atoms with van der Waals surface area (Å²) in [5.74, 6) is 1.35. The van der Waals surface area contributed by atoms with Crippen molar-refractivity contribution < 1.29 is 9.47 Å². The molecular formula is C15H22O2. The maximum atomic E-state index is 5.72. The lowest BCUT2D eigenvalue weighted by atomic mass is 10.1. The van der Waals surface area contributed by atoms with Crippen LogP contribution in [0, 0.1) is 18.9 Å². The van der Waals surface area contributed by atoms with Gasteiger partial charge < -0.3 is 9.47 Å². The number of methoxy groups -OCH3 is 1. The van der Waals surface area contributed by atoms with Crippen molar-refractivity contribution in [2.45, 2.75) is 32.8 Å². The summed E-state index contributed by atoms with van der Waals surface area (Å²) in [5, 5.41) is 0. The summed E-state index contributed by atoms with van der Waals surface area (Å²) >= 11 is 0. The third kappa shape index (κ3) is 4.78. The van der Waals surface area contributed by atoms with Crippen LogP contribution in [0.3, 0.4) is 0 Å². The van der Waals surface area contributed by atoms with E-state index in [1.807, 2.05) is 18.2 Å². The van der Waals surface area contributed by atoms with Gasteiger partial charge in [-0.25, -0.2) is 0 Å². The summed E-state index contributed by atoms with van der Waals surface area (Å²) in [4.78, 5) is 0. The Morgan fingerprint density at radius 2 is 2.24 bits per heavy atom. The van der Waals surface area contributed by atoms with Crippen LogP contribution in [-0.2, 0) is 4.74 Å². The smallest absolute Gasteiger partial charge is 0.127 e. The van der Waals surface area contributed by atoms with Crippen molar-refractivity contribution in [3.63, 3.8) is 0 Å². The van der Waals surface area contributed by atoms with Gasteiger partial charge in [0.05, 0.1) is 12.7 Å². The maximum Gasteiger partial charge on any atom is 0.127 e. The molecule has 0 aliphatic rings. The molecule has 0 spiro atoms. The Labute approximate surface area is 105 Å². The van der Waals surface area contributed by atoms with Gasteiger partial charge in [0.1, 0.15) is 5.75 Å². The molecule has 2 atom stereocenters. The fourth-order valence-electron chi connectivity index (χ4n) is 1.69. The zero-order chi connectivity index (χ0) is 12.7. The highest BCUT2D eigenvalue weighted by atomic mass is 16.5. The van der Waals surface area contributed by atoms with Crippen LogP contribution in [0.4, 0.5) is 0 Å². The summed E-state index contributed by atoms with van der Waals surface area (Å²) in [6.45, 7) is 9.03. The largest absolute Gasteiger partial charge is 0.493 e.